The molecule has 1 fully saturated rings. The lowest BCUT2D eigenvalue weighted by molar-refractivity contribution is -0.127. The van der Waals surface area contributed by atoms with E-state index in [0.717, 1.165) is 30.9 Å². The smallest absolute Gasteiger partial charge is 0.223 e. The van der Waals surface area contributed by atoms with Crippen LogP contribution in [0.3, 0.4) is 0 Å². The van der Waals surface area contributed by atoms with Crippen LogP contribution >= 0.6 is 12.6 Å². The fourth-order valence-corrected chi connectivity index (χ4v) is 2.74. The van der Waals surface area contributed by atoms with Crippen molar-refractivity contribution < 1.29 is 4.79 Å². The van der Waals surface area contributed by atoms with Crippen molar-refractivity contribution >= 4 is 24.2 Å². The number of hydrogen-bond acceptors (Lipinski definition) is 3. The Morgan fingerprint density at radius 1 is 1.44 bits per heavy atom. The summed E-state index contributed by atoms with van der Waals surface area (Å²) in [6, 6.07) is 5.94. The summed E-state index contributed by atoms with van der Waals surface area (Å²) in [6.07, 6.45) is 5.28. The van der Waals surface area contributed by atoms with Crippen LogP contribution < -0.4 is 0 Å². The second kappa shape index (κ2) is 4.65. The number of thiol groups is 1. The second-order valence-electron chi connectivity index (χ2n) is 4.63. The van der Waals surface area contributed by atoms with E-state index in [2.05, 4.69) is 22.0 Å². The van der Waals surface area contributed by atoms with Crippen molar-refractivity contribution in [1.82, 2.24) is 14.3 Å². The number of rotatable bonds is 3. The van der Waals surface area contributed by atoms with Gasteiger partial charge in [0.25, 0.3) is 0 Å². The summed E-state index contributed by atoms with van der Waals surface area (Å²) in [4.78, 5) is 17.9. The molecule has 5 heteroatoms. The number of hydrogen-bond donors (Lipinski definition) is 1. The normalized spacial score (nSPS) is 19.9. The van der Waals surface area contributed by atoms with E-state index in [1.54, 1.807) is 0 Å². The number of imidazole rings is 1. The third kappa shape index (κ3) is 2.10. The van der Waals surface area contributed by atoms with Crippen LogP contribution in [0.5, 0.6) is 0 Å². The molecule has 0 spiro atoms. The van der Waals surface area contributed by atoms with Gasteiger partial charge in [-0.25, -0.2) is 4.98 Å². The molecular formula is C13H15N3OS. The zero-order chi connectivity index (χ0) is 12.5. The van der Waals surface area contributed by atoms with Crippen LogP contribution in [-0.4, -0.2) is 38.5 Å². The molecule has 1 aliphatic heterocycles. The van der Waals surface area contributed by atoms with E-state index in [1.807, 2.05) is 35.5 Å². The minimum absolute atomic E-state index is 0.194. The molecule has 0 bridgehead atoms. The summed E-state index contributed by atoms with van der Waals surface area (Å²) in [5.41, 5.74) is 2.09. The Labute approximate surface area is 111 Å². The Kier molecular flexibility index (Phi) is 2.99. The monoisotopic (exact) mass is 261 g/mol. The van der Waals surface area contributed by atoms with Gasteiger partial charge in [-0.3, -0.25) is 4.79 Å². The number of carbonyl (C=O) groups excluding carboxylic acids is 1. The zero-order valence-electron chi connectivity index (χ0n) is 9.99. The molecular weight excluding hydrogens is 246 g/mol. The third-order valence-electron chi connectivity index (χ3n) is 3.33. The first-order valence-electron chi connectivity index (χ1n) is 6.11. The summed E-state index contributed by atoms with van der Waals surface area (Å²) in [6.45, 7) is 1.51. The molecule has 1 unspecified atom stereocenters. The molecule has 1 atom stereocenters. The van der Waals surface area contributed by atoms with Crippen LogP contribution in [0.1, 0.15) is 12.1 Å². The first-order chi connectivity index (χ1) is 8.74. The molecule has 4 nitrogen and oxygen atoms in total. The Balaban J connectivity index is 1.72. The van der Waals surface area contributed by atoms with E-state index in [-0.39, 0.29) is 11.2 Å². The molecule has 0 aliphatic carbocycles. The highest BCUT2D eigenvalue weighted by atomic mass is 32.1. The lowest BCUT2D eigenvalue weighted by Crippen LogP contribution is -2.27. The molecule has 1 saturated heterocycles. The van der Waals surface area contributed by atoms with Crippen LogP contribution in [0.4, 0.5) is 0 Å². The number of amides is 1. The predicted octanol–water partition coefficient (Wildman–Crippen LogP) is 1.41. The lowest BCUT2D eigenvalue weighted by atomic mass is 10.3. The van der Waals surface area contributed by atoms with Gasteiger partial charge in [-0.2, -0.15) is 12.6 Å². The number of fused-ring (bicyclic) bond motifs is 1. The molecule has 3 heterocycles. The van der Waals surface area contributed by atoms with Gasteiger partial charge in [0.05, 0.1) is 0 Å². The van der Waals surface area contributed by atoms with Crippen molar-refractivity contribution in [3.8, 4) is 0 Å². The Morgan fingerprint density at radius 3 is 3.11 bits per heavy atom. The van der Waals surface area contributed by atoms with Gasteiger partial charge in [0.1, 0.15) is 5.65 Å². The molecule has 1 amide bonds. The molecule has 0 aromatic carbocycles. The topological polar surface area (TPSA) is 37.6 Å². The Hall–Kier alpha value is -1.49. The van der Waals surface area contributed by atoms with Gasteiger partial charge in [-0.1, -0.05) is 6.07 Å². The maximum Gasteiger partial charge on any atom is 0.223 e. The van der Waals surface area contributed by atoms with E-state index in [4.69, 9.17) is 0 Å². The van der Waals surface area contributed by atoms with Gasteiger partial charge in [0.15, 0.2) is 0 Å². The van der Waals surface area contributed by atoms with Crippen molar-refractivity contribution in [2.75, 3.05) is 13.1 Å². The number of likely N-dealkylation sites (tertiary alicyclic amines) is 1. The number of carbonyl (C=O) groups is 1. The van der Waals surface area contributed by atoms with Gasteiger partial charge in [-0.15, -0.1) is 0 Å². The van der Waals surface area contributed by atoms with Crippen LogP contribution in [0, 0.1) is 0 Å². The van der Waals surface area contributed by atoms with E-state index in [1.165, 1.54) is 0 Å². The summed E-state index contributed by atoms with van der Waals surface area (Å²) in [7, 11) is 0. The maximum absolute atomic E-state index is 11.7. The maximum atomic E-state index is 11.7. The Bertz CT molecular complexity index is 580. The van der Waals surface area contributed by atoms with E-state index >= 15 is 0 Å². The van der Waals surface area contributed by atoms with Crippen LogP contribution in [-0.2, 0) is 11.2 Å². The summed E-state index contributed by atoms with van der Waals surface area (Å²) < 4.78 is 2.07. The van der Waals surface area contributed by atoms with Gasteiger partial charge >= 0.3 is 0 Å². The van der Waals surface area contributed by atoms with Crippen molar-refractivity contribution in [1.29, 1.82) is 0 Å². The second-order valence-corrected chi connectivity index (χ2v) is 5.36. The fourth-order valence-electron chi connectivity index (χ4n) is 2.39. The van der Waals surface area contributed by atoms with Gasteiger partial charge in [0.2, 0.25) is 5.91 Å². The van der Waals surface area contributed by atoms with Crippen molar-refractivity contribution in [3.05, 3.63) is 36.3 Å². The number of nitrogens with zero attached hydrogens (tertiary/aromatic N) is 3. The first-order valence-corrected chi connectivity index (χ1v) is 6.62. The van der Waals surface area contributed by atoms with Crippen molar-refractivity contribution in [3.63, 3.8) is 0 Å². The van der Waals surface area contributed by atoms with Gasteiger partial charge in [-0.05, 0) is 12.1 Å². The molecule has 94 valence electrons. The standard InChI is InChI=1S/C13H15N3OS/c17-13-7-11(18)9-15(13)6-4-10-8-14-12-3-1-2-5-16(10)12/h1-3,5,8,11,18H,4,6-7,9H2. The summed E-state index contributed by atoms with van der Waals surface area (Å²) >= 11 is 4.36. The third-order valence-corrected chi connectivity index (χ3v) is 3.67. The Morgan fingerprint density at radius 2 is 2.33 bits per heavy atom. The molecule has 2 aromatic heterocycles. The lowest BCUT2D eigenvalue weighted by Gasteiger charge is -2.15. The highest BCUT2D eigenvalue weighted by Crippen LogP contribution is 2.16. The number of aromatic nitrogens is 2. The molecule has 0 radical (unpaired) electrons. The van der Waals surface area contributed by atoms with Crippen molar-refractivity contribution in [2.24, 2.45) is 0 Å². The molecule has 0 saturated carbocycles. The largest absolute Gasteiger partial charge is 0.341 e. The highest BCUT2D eigenvalue weighted by Gasteiger charge is 2.26. The molecule has 1 aliphatic rings. The fraction of sp³-hybridized carbons (Fsp3) is 0.385. The average Bonchev–Trinajstić information content (AvgIpc) is 2.90. The van der Waals surface area contributed by atoms with Gasteiger partial charge < -0.3 is 9.30 Å². The molecule has 2 aromatic rings. The summed E-state index contributed by atoms with van der Waals surface area (Å²) in [5, 5.41) is 0.194. The van der Waals surface area contributed by atoms with Crippen LogP contribution in [0.2, 0.25) is 0 Å². The molecule has 0 N–H and O–H groups in total. The summed E-state index contributed by atoms with van der Waals surface area (Å²) in [5.74, 6) is 0.212. The number of pyridine rings is 1. The van der Waals surface area contributed by atoms with E-state index in [9.17, 15) is 4.79 Å². The minimum atomic E-state index is 0.194. The SMILES string of the molecule is O=C1CC(S)CN1CCc1cnc2ccccn12. The minimum Gasteiger partial charge on any atom is -0.341 e. The highest BCUT2D eigenvalue weighted by molar-refractivity contribution is 7.81. The van der Waals surface area contributed by atoms with Crippen molar-refractivity contribution in [2.45, 2.75) is 18.1 Å². The van der Waals surface area contributed by atoms with Gasteiger partial charge in [0, 0.05) is 49.3 Å². The first kappa shape index (κ1) is 11.6. The van der Waals surface area contributed by atoms with Crippen LogP contribution in [0.15, 0.2) is 30.6 Å². The molecule has 3 rings (SSSR count). The zero-order valence-corrected chi connectivity index (χ0v) is 10.9. The van der Waals surface area contributed by atoms with Crippen LogP contribution in [0.25, 0.3) is 5.65 Å². The van der Waals surface area contributed by atoms with E-state index < -0.39 is 0 Å². The molecule has 18 heavy (non-hydrogen) atoms. The average molecular weight is 261 g/mol. The predicted molar refractivity (Wildman–Crippen MR) is 72.9 cm³/mol. The quantitative estimate of drug-likeness (QED) is 0.848. The van der Waals surface area contributed by atoms with E-state index in [0.29, 0.717) is 6.42 Å².